The molecule has 2 aromatic rings. The molecule has 2 amide bonds. The Bertz CT molecular complexity index is 754. The summed E-state index contributed by atoms with van der Waals surface area (Å²) in [6, 6.07) is 15.1. The molecule has 5 heteroatoms. The van der Waals surface area contributed by atoms with Gasteiger partial charge in [-0.05, 0) is 55.7 Å². The quantitative estimate of drug-likeness (QED) is 0.829. The molecule has 2 aromatic carbocycles. The van der Waals surface area contributed by atoms with Crippen LogP contribution in [0.5, 0.6) is 5.75 Å². The smallest absolute Gasteiger partial charge is 0.265 e. The van der Waals surface area contributed by atoms with E-state index in [4.69, 9.17) is 4.74 Å². The lowest BCUT2D eigenvalue weighted by Crippen LogP contribution is -2.30. The highest BCUT2D eigenvalue weighted by atomic mass is 16.5. The summed E-state index contributed by atoms with van der Waals surface area (Å²) in [5, 5.41) is 2.85. The molecule has 0 saturated heterocycles. The highest BCUT2D eigenvalue weighted by molar-refractivity contribution is 5.94. The first-order chi connectivity index (χ1) is 12.3. The van der Waals surface area contributed by atoms with Crippen molar-refractivity contribution in [1.29, 1.82) is 0 Å². The molecule has 0 saturated carbocycles. The highest BCUT2D eigenvalue weighted by Crippen LogP contribution is 2.16. The molecule has 0 aliphatic carbocycles. The molecule has 0 spiro atoms. The Morgan fingerprint density at radius 2 is 1.81 bits per heavy atom. The minimum atomic E-state index is -0.603. The summed E-state index contributed by atoms with van der Waals surface area (Å²) >= 11 is 0. The van der Waals surface area contributed by atoms with Crippen LogP contribution in [-0.2, 0) is 16.0 Å². The molecule has 1 N–H and O–H groups in total. The first-order valence-electron chi connectivity index (χ1n) is 8.68. The van der Waals surface area contributed by atoms with Gasteiger partial charge >= 0.3 is 0 Å². The number of amides is 2. The van der Waals surface area contributed by atoms with Crippen molar-refractivity contribution in [3.63, 3.8) is 0 Å². The van der Waals surface area contributed by atoms with Crippen molar-refractivity contribution in [3.05, 3.63) is 59.7 Å². The third-order valence-corrected chi connectivity index (χ3v) is 4.02. The van der Waals surface area contributed by atoms with Gasteiger partial charge in [-0.1, -0.05) is 24.3 Å². The van der Waals surface area contributed by atoms with Crippen LogP contribution >= 0.6 is 0 Å². The Balaban J connectivity index is 1.87. The zero-order chi connectivity index (χ0) is 19.1. The van der Waals surface area contributed by atoms with E-state index in [1.54, 1.807) is 25.9 Å². The number of anilines is 1. The standard InChI is InChI=1S/C21H26N2O3/c1-15-6-5-7-19(14-15)26-16(2)21(25)22-18-11-8-17(9-12-18)10-13-20(24)23(3)4/h5-9,11-12,14,16H,10,13H2,1-4H3,(H,22,25). The van der Waals surface area contributed by atoms with Crippen molar-refractivity contribution in [2.24, 2.45) is 0 Å². The lowest BCUT2D eigenvalue weighted by atomic mass is 10.1. The maximum absolute atomic E-state index is 12.3. The predicted octanol–water partition coefficient (Wildman–Crippen LogP) is 3.42. The lowest BCUT2D eigenvalue weighted by Gasteiger charge is -2.15. The maximum atomic E-state index is 12.3. The summed E-state index contributed by atoms with van der Waals surface area (Å²) in [6.45, 7) is 3.70. The van der Waals surface area contributed by atoms with Crippen LogP contribution < -0.4 is 10.1 Å². The third-order valence-electron chi connectivity index (χ3n) is 4.02. The molecule has 138 valence electrons. The third kappa shape index (κ3) is 5.92. The van der Waals surface area contributed by atoms with Gasteiger partial charge in [0.05, 0.1) is 0 Å². The van der Waals surface area contributed by atoms with E-state index in [0.717, 1.165) is 11.1 Å². The summed E-state index contributed by atoms with van der Waals surface area (Å²) in [5.74, 6) is 0.570. The molecule has 0 fully saturated rings. The van der Waals surface area contributed by atoms with Crippen LogP contribution in [0.25, 0.3) is 0 Å². The summed E-state index contributed by atoms with van der Waals surface area (Å²) in [4.78, 5) is 25.5. The van der Waals surface area contributed by atoms with Gasteiger partial charge in [-0.3, -0.25) is 9.59 Å². The Morgan fingerprint density at radius 1 is 1.12 bits per heavy atom. The van der Waals surface area contributed by atoms with Gasteiger partial charge in [-0.25, -0.2) is 0 Å². The summed E-state index contributed by atoms with van der Waals surface area (Å²) in [7, 11) is 3.50. The number of rotatable bonds is 7. The minimum absolute atomic E-state index is 0.101. The zero-order valence-electron chi connectivity index (χ0n) is 15.8. The van der Waals surface area contributed by atoms with Gasteiger partial charge in [0.2, 0.25) is 5.91 Å². The fourth-order valence-electron chi connectivity index (χ4n) is 2.42. The van der Waals surface area contributed by atoms with Crippen LogP contribution in [0.3, 0.4) is 0 Å². The maximum Gasteiger partial charge on any atom is 0.265 e. The fraction of sp³-hybridized carbons (Fsp3) is 0.333. The van der Waals surface area contributed by atoms with E-state index in [1.165, 1.54) is 0 Å². The Kier molecular flexibility index (Phi) is 6.78. The molecular formula is C21H26N2O3. The van der Waals surface area contributed by atoms with Crippen LogP contribution in [0.2, 0.25) is 0 Å². The van der Waals surface area contributed by atoms with Crippen molar-refractivity contribution < 1.29 is 14.3 Å². The topological polar surface area (TPSA) is 58.6 Å². The second kappa shape index (κ2) is 9.04. The number of nitrogens with one attached hydrogen (secondary N) is 1. The molecule has 5 nitrogen and oxygen atoms in total. The molecule has 1 unspecified atom stereocenters. The normalized spacial score (nSPS) is 11.5. The van der Waals surface area contributed by atoms with E-state index in [9.17, 15) is 9.59 Å². The molecule has 0 aliphatic rings. The van der Waals surface area contributed by atoms with Gasteiger partial charge in [0.15, 0.2) is 6.10 Å². The second-order valence-electron chi connectivity index (χ2n) is 6.55. The van der Waals surface area contributed by atoms with E-state index in [2.05, 4.69) is 5.32 Å². The molecule has 0 radical (unpaired) electrons. The number of hydrogen-bond donors (Lipinski definition) is 1. The number of carbonyl (C=O) groups is 2. The van der Waals surface area contributed by atoms with E-state index < -0.39 is 6.10 Å². The van der Waals surface area contributed by atoms with Crippen molar-refractivity contribution in [2.45, 2.75) is 32.8 Å². The van der Waals surface area contributed by atoms with Gasteiger partial charge in [0.25, 0.3) is 5.91 Å². The number of nitrogens with zero attached hydrogens (tertiary/aromatic N) is 1. The molecule has 0 bridgehead atoms. The average molecular weight is 354 g/mol. The van der Waals surface area contributed by atoms with Crippen molar-refractivity contribution in [2.75, 3.05) is 19.4 Å². The average Bonchev–Trinajstić information content (AvgIpc) is 2.60. The summed E-state index contributed by atoms with van der Waals surface area (Å²) in [5.41, 5.74) is 2.85. The monoisotopic (exact) mass is 354 g/mol. The molecule has 0 aliphatic heterocycles. The second-order valence-corrected chi connectivity index (χ2v) is 6.55. The van der Waals surface area contributed by atoms with Crippen molar-refractivity contribution in [3.8, 4) is 5.75 Å². The van der Waals surface area contributed by atoms with Crippen molar-refractivity contribution in [1.82, 2.24) is 4.90 Å². The first-order valence-corrected chi connectivity index (χ1v) is 8.68. The Labute approximate surface area is 155 Å². The summed E-state index contributed by atoms with van der Waals surface area (Å²) < 4.78 is 5.69. The first kappa shape index (κ1) is 19.5. The minimum Gasteiger partial charge on any atom is -0.481 e. The van der Waals surface area contributed by atoms with Gasteiger partial charge in [0.1, 0.15) is 5.75 Å². The van der Waals surface area contributed by atoms with Crippen LogP contribution in [0.4, 0.5) is 5.69 Å². The zero-order valence-corrected chi connectivity index (χ0v) is 15.8. The van der Waals surface area contributed by atoms with Gasteiger partial charge in [0, 0.05) is 26.2 Å². The van der Waals surface area contributed by atoms with Gasteiger partial charge in [-0.2, -0.15) is 0 Å². The lowest BCUT2D eigenvalue weighted by molar-refractivity contribution is -0.128. The van der Waals surface area contributed by atoms with Crippen LogP contribution in [-0.4, -0.2) is 36.9 Å². The van der Waals surface area contributed by atoms with Crippen LogP contribution in [0.15, 0.2) is 48.5 Å². The van der Waals surface area contributed by atoms with E-state index in [0.29, 0.717) is 24.3 Å². The van der Waals surface area contributed by atoms with Gasteiger partial charge in [-0.15, -0.1) is 0 Å². The number of benzene rings is 2. The fourth-order valence-corrected chi connectivity index (χ4v) is 2.42. The van der Waals surface area contributed by atoms with E-state index >= 15 is 0 Å². The van der Waals surface area contributed by atoms with E-state index in [-0.39, 0.29) is 11.8 Å². The largest absolute Gasteiger partial charge is 0.481 e. The van der Waals surface area contributed by atoms with Gasteiger partial charge < -0.3 is 15.0 Å². The predicted molar refractivity (Wildman–Crippen MR) is 103 cm³/mol. The molecule has 26 heavy (non-hydrogen) atoms. The molecule has 0 aromatic heterocycles. The molecule has 1 atom stereocenters. The van der Waals surface area contributed by atoms with E-state index in [1.807, 2.05) is 55.5 Å². The van der Waals surface area contributed by atoms with Crippen LogP contribution in [0, 0.1) is 6.92 Å². The molecular weight excluding hydrogens is 328 g/mol. The Hall–Kier alpha value is -2.82. The number of hydrogen-bond acceptors (Lipinski definition) is 3. The Morgan fingerprint density at radius 3 is 2.42 bits per heavy atom. The SMILES string of the molecule is Cc1cccc(OC(C)C(=O)Nc2ccc(CCC(=O)N(C)C)cc2)c1. The number of aryl methyl sites for hydroxylation is 2. The summed E-state index contributed by atoms with van der Waals surface area (Å²) in [6.07, 6.45) is 0.548. The van der Waals surface area contributed by atoms with Crippen LogP contribution in [0.1, 0.15) is 24.5 Å². The van der Waals surface area contributed by atoms with Crippen molar-refractivity contribution >= 4 is 17.5 Å². The number of ether oxygens (including phenoxy) is 1. The highest BCUT2D eigenvalue weighted by Gasteiger charge is 2.15. The number of carbonyl (C=O) groups excluding carboxylic acids is 2. The molecule has 2 rings (SSSR count). The molecule has 0 heterocycles.